The van der Waals surface area contributed by atoms with Gasteiger partial charge in [0.2, 0.25) is 24.1 Å². The van der Waals surface area contributed by atoms with Gasteiger partial charge >= 0.3 is 0 Å². The van der Waals surface area contributed by atoms with Crippen LogP contribution in [-0.4, -0.2) is 142 Å². The number of terminal acetylenes is 3. The molecule has 0 bridgehead atoms. The van der Waals surface area contributed by atoms with E-state index in [1.165, 1.54) is 22.3 Å². The van der Waals surface area contributed by atoms with Gasteiger partial charge in [0.15, 0.2) is 0 Å². The molecule has 0 fully saturated rings. The van der Waals surface area contributed by atoms with E-state index in [4.69, 9.17) is 52.4 Å². The quantitative estimate of drug-likeness (QED) is 0.0436. The first kappa shape index (κ1) is 60.7. The van der Waals surface area contributed by atoms with E-state index in [2.05, 4.69) is 87.6 Å². The van der Waals surface area contributed by atoms with Crippen molar-refractivity contribution in [1.82, 2.24) is 21.3 Å². The second kappa shape index (κ2) is 42.4. The average molecular weight is 921 g/mol. The van der Waals surface area contributed by atoms with Gasteiger partial charge in [-0.1, -0.05) is 94.0 Å². The van der Waals surface area contributed by atoms with Gasteiger partial charge in [-0.05, 0) is 41.5 Å². The summed E-state index contributed by atoms with van der Waals surface area (Å²) in [4.78, 5) is 49.3. The van der Waals surface area contributed by atoms with Crippen molar-refractivity contribution in [3.63, 3.8) is 0 Å². The number of nitrogens with one attached hydrogen (secondary N) is 4. The third-order valence-corrected chi connectivity index (χ3v) is 9.53. The first-order chi connectivity index (χ1) is 32.3. The summed E-state index contributed by atoms with van der Waals surface area (Å²) in [5.74, 6) is 6.70. The topological polar surface area (TPSA) is 181 Å². The number of fused-ring (bicyclic) bond motifs is 3. The summed E-state index contributed by atoms with van der Waals surface area (Å²) < 4.78 is 36.8. The Balaban J connectivity index is 0.00000172. The van der Waals surface area contributed by atoms with Gasteiger partial charge in [-0.3, -0.25) is 19.2 Å². The third kappa shape index (κ3) is 27.9. The molecule has 1 aliphatic carbocycles. The molecule has 0 heterocycles. The fourth-order valence-corrected chi connectivity index (χ4v) is 6.49. The highest BCUT2D eigenvalue weighted by atomic mass is 16.5. The van der Waals surface area contributed by atoms with Gasteiger partial charge in [0.1, 0.15) is 19.8 Å². The van der Waals surface area contributed by atoms with E-state index in [-0.39, 0.29) is 116 Å². The third-order valence-electron chi connectivity index (χ3n) is 9.53. The number of carbonyl (C=O) groups excluding carboxylic acids is 4. The second-order valence-corrected chi connectivity index (χ2v) is 13.9. The van der Waals surface area contributed by atoms with Crippen molar-refractivity contribution >= 4 is 24.1 Å². The van der Waals surface area contributed by atoms with E-state index in [9.17, 15) is 19.2 Å². The molecule has 3 rings (SSSR count). The van der Waals surface area contributed by atoms with Gasteiger partial charge in [0.25, 0.3) is 0 Å². The Labute approximate surface area is 394 Å². The molecular formula is C51H76N4O11. The molecule has 0 spiro atoms. The highest BCUT2D eigenvalue weighted by Crippen LogP contribution is 2.44. The summed E-state index contributed by atoms with van der Waals surface area (Å²) in [5, 5.41) is 11.1. The van der Waals surface area contributed by atoms with Crippen molar-refractivity contribution in [1.29, 1.82) is 0 Å². The van der Waals surface area contributed by atoms with E-state index >= 15 is 0 Å². The normalized spacial score (nSPS) is 10.9. The number of methoxy groups -OCH3 is 1. The molecule has 66 heavy (non-hydrogen) atoms. The predicted octanol–water partition coefficient (Wildman–Crippen LogP) is 4.66. The molecule has 0 saturated carbocycles. The summed E-state index contributed by atoms with van der Waals surface area (Å²) in [6.07, 6.45) is 16.6. The van der Waals surface area contributed by atoms with Gasteiger partial charge < -0.3 is 54.4 Å². The van der Waals surface area contributed by atoms with Gasteiger partial charge in [-0.25, -0.2) is 0 Å². The van der Waals surface area contributed by atoms with Gasteiger partial charge in [-0.2, -0.15) is 0 Å². The number of amides is 4. The molecule has 0 radical (unpaired) electrons. The molecule has 15 heteroatoms. The van der Waals surface area contributed by atoms with Crippen molar-refractivity contribution < 1.29 is 52.3 Å². The minimum atomic E-state index is -0.978. The maximum atomic E-state index is 12.6. The van der Waals surface area contributed by atoms with Crippen LogP contribution in [0.5, 0.6) is 0 Å². The monoisotopic (exact) mass is 921 g/mol. The lowest BCUT2D eigenvalue weighted by molar-refractivity contribution is -0.123. The summed E-state index contributed by atoms with van der Waals surface area (Å²) in [5.41, 5.74) is 4.53. The molecule has 0 saturated heterocycles. The Morgan fingerprint density at radius 3 is 1.21 bits per heavy atom. The van der Waals surface area contributed by atoms with Gasteiger partial charge in [-0.15, -0.1) is 19.3 Å². The van der Waals surface area contributed by atoms with Crippen LogP contribution < -0.4 is 21.3 Å². The van der Waals surface area contributed by atoms with Crippen LogP contribution in [0.4, 0.5) is 0 Å². The van der Waals surface area contributed by atoms with Crippen LogP contribution in [0, 0.1) is 37.0 Å². The lowest BCUT2D eigenvalue weighted by Crippen LogP contribution is -2.47. The maximum Gasteiger partial charge on any atom is 0.220 e. The van der Waals surface area contributed by atoms with Crippen LogP contribution in [0.3, 0.4) is 0 Å². The highest BCUT2D eigenvalue weighted by Gasteiger charge is 2.32. The number of carbonyl (C=O) groups is 4. The molecule has 2 aromatic carbocycles. The van der Waals surface area contributed by atoms with Crippen molar-refractivity contribution in [2.45, 2.75) is 77.7 Å². The van der Waals surface area contributed by atoms with E-state index < -0.39 is 5.54 Å². The molecule has 366 valence electrons. The molecular weight excluding hydrogens is 845 g/mol. The Morgan fingerprint density at radius 1 is 0.561 bits per heavy atom. The largest absolute Gasteiger partial charge is 0.384 e. The Hall–Kier alpha value is -5.28. The molecule has 2 aromatic rings. The number of hydrogen-bond acceptors (Lipinski definition) is 11. The van der Waals surface area contributed by atoms with Gasteiger partial charge in [0, 0.05) is 57.5 Å². The number of rotatable bonds is 34. The van der Waals surface area contributed by atoms with Crippen molar-refractivity contribution in [2.24, 2.45) is 0 Å². The first-order valence-electron chi connectivity index (χ1n) is 22.8. The second-order valence-electron chi connectivity index (χ2n) is 13.9. The number of ether oxygens (including phenoxy) is 7. The van der Waals surface area contributed by atoms with Crippen molar-refractivity contribution in [3.05, 3.63) is 59.7 Å². The SMILES string of the molecule is C#CCOCCOCCNC(=O)CCC(CCC(=O)NCCOCCOCC#C)(CCC(=O)NCCOCCOCC#C)NC=O.CC.CC.COCC1c2ccccc2-c2ccccc21. The van der Waals surface area contributed by atoms with E-state index in [0.29, 0.717) is 52.0 Å². The lowest BCUT2D eigenvalue weighted by atomic mass is 9.83. The summed E-state index contributed by atoms with van der Waals surface area (Å²) >= 11 is 0. The fraction of sp³-hybridized carbons (Fsp3) is 0.569. The van der Waals surface area contributed by atoms with Gasteiger partial charge in [0.05, 0.1) is 66.1 Å². The molecule has 15 nitrogen and oxygen atoms in total. The van der Waals surface area contributed by atoms with E-state index in [1.807, 2.05) is 27.7 Å². The molecule has 0 aromatic heterocycles. The van der Waals surface area contributed by atoms with Crippen LogP contribution in [-0.2, 0) is 52.3 Å². The summed E-state index contributed by atoms with van der Waals surface area (Å²) in [7, 11) is 1.77. The Bertz CT molecular complexity index is 1560. The minimum Gasteiger partial charge on any atom is -0.384 e. The first-order valence-corrected chi connectivity index (χ1v) is 22.8. The predicted molar refractivity (Wildman–Crippen MR) is 258 cm³/mol. The molecule has 4 amide bonds. The lowest BCUT2D eigenvalue weighted by Gasteiger charge is -2.33. The molecule has 0 atom stereocenters. The number of benzene rings is 2. The average Bonchev–Trinajstić information content (AvgIpc) is 3.66. The minimum absolute atomic E-state index is 0.0561. The summed E-state index contributed by atoms with van der Waals surface area (Å²) in [6.45, 7) is 13.1. The zero-order valence-electron chi connectivity index (χ0n) is 40.1. The molecule has 4 N–H and O–H groups in total. The molecule has 0 aliphatic heterocycles. The Kier molecular flexibility index (Phi) is 39.0. The zero-order valence-corrected chi connectivity index (χ0v) is 40.1. The Morgan fingerprint density at radius 2 is 0.894 bits per heavy atom. The van der Waals surface area contributed by atoms with Crippen LogP contribution in [0.15, 0.2) is 48.5 Å². The standard InChI is InChI=1S/C32H50N4O10.C15H14O.2C2H6/c1-4-16-41-22-25-44-19-13-33-29(38)7-10-32(36-28-37,11-8-30(39)34-14-20-45-26-23-42-17-5-2)12-9-31(40)35-15-21-46-27-24-43-18-6-3;1-16-10-15-13-8-4-2-6-11(13)12-7-3-5-9-14(12)15;2*1-2/h1-3,28H,7-27H2,(H,33,38)(H,34,39)(H,35,40)(H,36,37);2-9,15H,10H2,1H3;2*1-2H3. The van der Waals surface area contributed by atoms with Crippen LogP contribution >= 0.6 is 0 Å². The zero-order chi connectivity index (χ0) is 48.9. The maximum absolute atomic E-state index is 12.6. The van der Waals surface area contributed by atoms with Crippen LogP contribution in [0.2, 0.25) is 0 Å². The van der Waals surface area contributed by atoms with Crippen LogP contribution in [0.1, 0.15) is 83.3 Å². The van der Waals surface area contributed by atoms with E-state index in [0.717, 1.165) is 6.61 Å². The number of hydrogen-bond donors (Lipinski definition) is 4. The van der Waals surface area contributed by atoms with Crippen molar-refractivity contribution in [3.8, 4) is 48.2 Å². The van der Waals surface area contributed by atoms with Crippen LogP contribution in [0.25, 0.3) is 11.1 Å². The summed E-state index contributed by atoms with van der Waals surface area (Å²) in [6, 6.07) is 17.2. The fourth-order valence-electron chi connectivity index (χ4n) is 6.49. The van der Waals surface area contributed by atoms with E-state index in [1.54, 1.807) is 7.11 Å². The smallest absolute Gasteiger partial charge is 0.220 e. The molecule has 1 aliphatic rings. The van der Waals surface area contributed by atoms with Crippen molar-refractivity contribution in [2.75, 3.05) is 113 Å². The highest BCUT2D eigenvalue weighted by molar-refractivity contribution is 5.79. The molecule has 0 unspecified atom stereocenters.